The molecule has 1 atom stereocenters. The lowest BCUT2D eigenvalue weighted by atomic mass is 10.2. The minimum atomic E-state index is -4.30. The zero-order valence-corrected chi connectivity index (χ0v) is 35.8. The molecule has 9 rings (SSSR count). The molecule has 1 unspecified atom stereocenters. The van der Waals surface area contributed by atoms with E-state index in [0.29, 0.717) is 5.56 Å². The van der Waals surface area contributed by atoms with Crippen molar-refractivity contribution < 1.29 is 21.6 Å². The largest absolute Gasteiger partial charge is 0.404 e. The Labute approximate surface area is 344 Å². The van der Waals surface area contributed by atoms with Crippen molar-refractivity contribution in [3.63, 3.8) is 0 Å². The third kappa shape index (κ3) is 6.82. The van der Waals surface area contributed by atoms with Gasteiger partial charge in [0.15, 0.2) is 0 Å². The van der Waals surface area contributed by atoms with Crippen LogP contribution in [0.1, 0.15) is 11.3 Å². The smallest absolute Gasteiger partial charge is 0.390 e. The summed E-state index contributed by atoms with van der Waals surface area (Å²) in [7, 11) is -16.4. The zero-order valence-electron chi connectivity index (χ0n) is 31.8. The monoisotopic (exact) mass is 822 g/mol. The number of hydrogen-bond donors (Lipinski definition) is 1. The van der Waals surface area contributed by atoms with E-state index in [0.717, 1.165) is 36.3 Å². The second-order valence-electron chi connectivity index (χ2n) is 14.3. The molecular weight excluding hydrogens is 781 g/mol. The van der Waals surface area contributed by atoms with Crippen LogP contribution in [-0.2, 0) is 16.5 Å². The van der Waals surface area contributed by atoms with Crippen LogP contribution >= 0.6 is 0 Å². The van der Waals surface area contributed by atoms with E-state index in [9.17, 15) is 5.11 Å². The lowest BCUT2D eigenvalue weighted by molar-refractivity contribution is 0.172. The molecule has 1 saturated heterocycles. The van der Waals surface area contributed by atoms with Gasteiger partial charge in [-0.25, -0.2) is 0 Å². The number of aliphatic hydroxyl groups is 1. The van der Waals surface area contributed by atoms with E-state index >= 15 is 0 Å². The van der Waals surface area contributed by atoms with Gasteiger partial charge in [-0.05, 0) is 41.9 Å². The van der Waals surface area contributed by atoms with Gasteiger partial charge in [0.25, 0.3) is 0 Å². The Kier molecular flexibility index (Phi) is 10.7. The maximum Gasteiger partial charge on any atom is 0.390 e. The molecule has 0 saturated carbocycles. The highest BCUT2D eigenvalue weighted by Crippen LogP contribution is 2.37. The van der Waals surface area contributed by atoms with Crippen molar-refractivity contribution >= 4 is 70.6 Å². The number of aliphatic hydroxyl groups excluding tert-OH is 1. The Hall–Kier alpha value is -5.57. The first kappa shape index (κ1) is 38.0. The second-order valence-corrected chi connectivity index (χ2v) is 27.2. The van der Waals surface area contributed by atoms with Crippen LogP contribution in [0.25, 0.3) is 0 Å². The minimum absolute atomic E-state index is 0.682. The van der Waals surface area contributed by atoms with E-state index in [2.05, 4.69) is 72.8 Å². The summed E-state index contributed by atoms with van der Waals surface area (Å²) >= 11 is 0. The van der Waals surface area contributed by atoms with Gasteiger partial charge in [-0.3, -0.25) is 0 Å². The maximum atomic E-state index is 13.4. The molecule has 1 aliphatic heterocycles. The fourth-order valence-corrected chi connectivity index (χ4v) is 30.7. The van der Waals surface area contributed by atoms with Crippen molar-refractivity contribution in [2.45, 2.75) is 5.73 Å². The Bertz CT molecular complexity index is 2310. The Morgan fingerprint density at radius 1 is 0.259 bits per heavy atom. The molecule has 0 radical (unpaired) electrons. The molecule has 284 valence electrons. The average molecular weight is 823 g/mol. The van der Waals surface area contributed by atoms with Gasteiger partial charge in [0.2, 0.25) is 0 Å². The van der Waals surface area contributed by atoms with Gasteiger partial charge in [-0.1, -0.05) is 243 Å². The van der Waals surface area contributed by atoms with Crippen LogP contribution in [0.2, 0.25) is 0 Å². The Balaban J connectivity index is 1.49. The molecule has 9 heteroatoms. The molecular formula is C49H42O5Si4. The third-order valence-electron chi connectivity index (χ3n) is 10.7. The molecule has 0 aliphatic carbocycles. The third-order valence-corrected chi connectivity index (χ3v) is 28.8. The van der Waals surface area contributed by atoms with E-state index in [1.165, 1.54) is 0 Å². The molecule has 0 amide bonds. The highest BCUT2D eigenvalue weighted by molar-refractivity contribution is 7.14. The van der Waals surface area contributed by atoms with Gasteiger partial charge in [0, 0.05) is 0 Å². The molecule has 1 N–H and O–H groups in total. The Morgan fingerprint density at radius 2 is 0.466 bits per heavy atom. The van der Waals surface area contributed by atoms with Crippen LogP contribution in [0, 0.1) is 0 Å². The fraction of sp³-hybridized carbons (Fsp3) is 0.0204. The topological polar surface area (TPSA) is 57.2 Å². The molecule has 8 aromatic rings. The highest BCUT2D eigenvalue weighted by atomic mass is 28.5. The van der Waals surface area contributed by atoms with Crippen LogP contribution in [0.4, 0.5) is 0 Å². The van der Waals surface area contributed by atoms with Crippen molar-refractivity contribution in [2.75, 3.05) is 0 Å². The van der Waals surface area contributed by atoms with Gasteiger partial charge in [0.05, 0.1) is 0 Å². The highest BCUT2D eigenvalue weighted by Gasteiger charge is 2.69. The van der Waals surface area contributed by atoms with Crippen molar-refractivity contribution in [3.8, 4) is 0 Å². The lowest BCUT2D eigenvalue weighted by Gasteiger charge is -2.54. The van der Waals surface area contributed by atoms with Crippen LogP contribution in [-0.4, -0.2) is 39.4 Å². The van der Waals surface area contributed by atoms with Crippen LogP contribution in [0.3, 0.4) is 0 Å². The molecule has 0 spiro atoms. The summed E-state index contributed by atoms with van der Waals surface area (Å²) in [6, 6.07) is 81.5. The van der Waals surface area contributed by atoms with E-state index in [1.807, 2.05) is 170 Å². The van der Waals surface area contributed by atoms with E-state index < -0.39 is 40.0 Å². The summed E-state index contributed by atoms with van der Waals surface area (Å²) in [4.78, 5) is 0. The minimum Gasteiger partial charge on any atom is -0.404 e. The summed E-state index contributed by atoms with van der Waals surface area (Å²) in [6.45, 7) is 0. The quantitative estimate of drug-likeness (QED) is 0.196. The normalized spacial score (nSPS) is 17.3. The van der Waals surface area contributed by atoms with Crippen molar-refractivity contribution in [2.24, 2.45) is 0 Å². The second kappa shape index (κ2) is 16.4. The van der Waals surface area contributed by atoms with E-state index in [1.54, 1.807) is 0 Å². The van der Waals surface area contributed by atoms with Crippen LogP contribution < -0.4 is 36.3 Å². The molecule has 1 fully saturated rings. The number of rotatable bonds is 9. The first-order valence-electron chi connectivity index (χ1n) is 19.5. The molecule has 0 aromatic heterocycles. The van der Waals surface area contributed by atoms with Gasteiger partial charge < -0.3 is 21.6 Å². The molecule has 58 heavy (non-hydrogen) atoms. The molecule has 8 aromatic carbocycles. The van der Waals surface area contributed by atoms with Crippen molar-refractivity contribution in [1.82, 2.24) is 0 Å². The van der Waals surface area contributed by atoms with Crippen LogP contribution in [0.5, 0.6) is 0 Å². The summed E-state index contributed by atoms with van der Waals surface area (Å²) in [5, 5.41) is 19.5. The van der Waals surface area contributed by atoms with E-state index in [-0.39, 0.29) is 0 Å². The van der Waals surface area contributed by atoms with Crippen LogP contribution in [0.15, 0.2) is 243 Å². The Morgan fingerprint density at radius 3 is 0.724 bits per heavy atom. The first-order valence-corrected chi connectivity index (χ1v) is 26.8. The first-order chi connectivity index (χ1) is 28.6. The van der Waals surface area contributed by atoms with Gasteiger partial charge in [-0.15, -0.1) is 0 Å². The molecule has 5 nitrogen and oxygen atoms in total. The van der Waals surface area contributed by atoms with E-state index in [4.69, 9.17) is 16.5 Å². The summed E-state index contributed by atoms with van der Waals surface area (Å²) in [5.41, 5.74) is -0.536. The summed E-state index contributed by atoms with van der Waals surface area (Å²) in [6.07, 6.45) is 0. The lowest BCUT2D eigenvalue weighted by Crippen LogP contribution is -2.87. The molecule has 1 aliphatic rings. The fourth-order valence-electron chi connectivity index (χ4n) is 7.98. The molecule has 1 heterocycles. The SMILES string of the molecule is OC(c1ccccc1)[Si]1(c2ccccc2)O[Si](c2ccccc2)(c2ccccc2)O[Si](c2ccccc2)(c2ccccc2)O[Si](c2ccccc2)(c2ccccc2)O1. The number of benzene rings is 8. The summed E-state index contributed by atoms with van der Waals surface area (Å²) in [5.74, 6) is 0. The summed E-state index contributed by atoms with van der Waals surface area (Å²) < 4.78 is 33.4. The molecule has 0 bridgehead atoms. The van der Waals surface area contributed by atoms with Gasteiger partial charge in [-0.2, -0.15) is 0 Å². The number of hydrogen-bond acceptors (Lipinski definition) is 5. The predicted molar refractivity (Wildman–Crippen MR) is 241 cm³/mol. The van der Waals surface area contributed by atoms with Crippen molar-refractivity contribution in [3.05, 3.63) is 248 Å². The van der Waals surface area contributed by atoms with Gasteiger partial charge in [0.1, 0.15) is 5.73 Å². The van der Waals surface area contributed by atoms with Gasteiger partial charge >= 0.3 is 34.2 Å². The standard InChI is InChI=1S/C49H42O5Si4/c50-49(41-25-9-1-10-26-41)58(48-39-23-8-24-40-48)53-56(44-31-15-4-16-32-44,45-33-17-5-18-34-45)51-55(42-27-11-2-12-28-42,43-29-13-3-14-30-43)52-57(54-58,46-35-19-6-20-36-46)47-37-21-7-22-38-47/h1-40,49-50H. The maximum absolute atomic E-state index is 13.4. The predicted octanol–water partition coefficient (Wildman–Crippen LogP) is 5.46. The average Bonchev–Trinajstić information content (AvgIpc) is 3.31. The zero-order chi connectivity index (χ0) is 39.3. The van der Waals surface area contributed by atoms with Crippen molar-refractivity contribution in [1.29, 1.82) is 0 Å².